The predicted octanol–water partition coefficient (Wildman–Crippen LogP) is -2.94. The summed E-state index contributed by atoms with van der Waals surface area (Å²) >= 11 is 0. The van der Waals surface area contributed by atoms with Crippen LogP contribution >= 0.6 is 0 Å². The Kier molecular flexibility index (Phi) is 11.9. The molecule has 18 heteroatoms. The molecule has 2 bridgehead atoms. The molecule has 1 spiro atoms. The molecule has 3 saturated heterocycles. The second-order valence-corrected chi connectivity index (χ2v) is 18.0. The van der Waals surface area contributed by atoms with Crippen molar-refractivity contribution in [2.45, 2.75) is 169 Å². The number of carbonyl (C=O) groups excluding carboxylic acids is 1. The van der Waals surface area contributed by atoms with Gasteiger partial charge in [-0.15, -0.1) is 0 Å². The lowest BCUT2D eigenvalue weighted by Gasteiger charge is -2.64. The lowest BCUT2D eigenvalue weighted by Crippen LogP contribution is -2.65. The van der Waals surface area contributed by atoms with Crippen LogP contribution in [0, 0.1) is 28.1 Å². The molecule has 0 aromatic heterocycles. The van der Waals surface area contributed by atoms with Crippen LogP contribution in [0.2, 0.25) is 0 Å². The molecule has 4 aliphatic carbocycles. The largest absolute Gasteiger partial charge is 0.432 e. The molecule has 0 aromatic rings. The molecule has 0 aromatic carbocycles. The van der Waals surface area contributed by atoms with Gasteiger partial charge in [-0.25, -0.2) is 0 Å². The van der Waals surface area contributed by atoms with E-state index < -0.39 is 129 Å². The molecule has 7 aliphatic rings. The quantitative estimate of drug-likeness (QED) is 0.0631. The van der Waals surface area contributed by atoms with E-state index in [1.54, 1.807) is 0 Å². The van der Waals surface area contributed by atoms with E-state index in [2.05, 4.69) is 13.5 Å². The summed E-state index contributed by atoms with van der Waals surface area (Å²) in [4.78, 5) is 14.1. The van der Waals surface area contributed by atoms with Crippen LogP contribution in [0.4, 0.5) is 0 Å². The van der Waals surface area contributed by atoms with Crippen LogP contribution in [-0.2, 0) is 33.2 Å². The minimum atomic E-state index is -1.81. The number of hydrogen-bond donors (Lipinski definition) is 11. The Hall–Kier alpha value is -1.43. The highest BCUT2D eigenvalue weighted by molar-refractivity contribution is 5.77. The first-order chi connectivity index (χ1) is 26.4. The van der Waals surface area contributed by atoms with Gasteiger partial charge in [0.05, 0.1) is 30.8 Å². The number of hydrogen-bond acceptors (Lipinski definition) is 18. The van der Waals surface area contributed by atoms with E-state index in [-0.39, 0.29) is 22.7 Å². The van der Waals surface area contributed by atoms with E-state index in [9.17, 15) is 61.0 Å². The molecule has 11 N–H and O–H groups in total. The van der Waals surface area contributed by atoms with Crippen molar-refractivity contribution in [2.75, 3.05) is 19.8 Å². The van der Waals surface area contributed by atoms with Crippen molar-refractivity contribution in [1.82, 2.24) is 0 Å². The highest BCUT2D eigenvalue weighted by Gasteiger charge is 2.69. The highest BCUT2D eigenvalue weighted by atomic mass is 16.8. The number of aliphatic hydroxyl groups excluding tert-OH is 11. The van der Waals surface area contributed by atoms with Crippen LogP contribution in [0.5, 0.6) is 0 Å². The van der Waals surface area contributed by atoms with Gasteiger partial charge in [-0.2, -0.15) is 0 Å². The monoisotopic (exact) mass is 804 g/mol. The summed E-state index contributed by atoms with van der Waals surface area (Å²) in [5.41, 5.74) is -1.80. The molecule has 4 saturated carbocycles. The molecule has 15 unspecified atom stereocenters. The van der Waals surface area contributed by atoms with Crippen molar-refractivity contribution in [3.05, 3.63) is 12.2 Å². The molecule has 7 fully saturated rings. The van der Waals surface area contributed by atoms with Gasteiger partial charge in [-0.3, -0.25) is 4.79 Å². The normalized spacial score (nSPS) is 54.6. The van der Waals surface area contributed by atoms with Crippen molar-refractivity contribution < 1.29 is 89.4 Å². The Balaban J connectivity index is 1.10. The molecule has 0 radical (unpaired) electrons. The molecular weight excluding hydrogens is 744 g/mol. The maximum absolute atomic E-state index is 14.1. The SMILES string of the molecule is C=C1CC23CCC4C(C)(C(=O)OC5OC(CO)[C@@H](O)C(O)[C@H]5O)CCCC4(C)C2CCC1(OC1OC(CO)[C@@H](O)C(O)[C@H]1OC1OC(CO)[C@@H](O)C(O)[C@H]1O)C3. The van der Waals surface area contributed by atoms with Crippen LogP contribution in [0.3, 0.4) is 0 Å². The van der Waals surface area contributed by atoms with Crippen LogP contribution in [0.1, 0.15) is 71.6 Å². The fourth-order valence-corrected chi connectivity index (χ4v) is 12.0. The van der Waals surface area contributed by atoms with Gasteiger partial charge in [-0.05, 0) is 86.5 Å². The van der Waals surface area contributed by atoms with Crippen LogP contribution in [-0.4, -0.2) is 180 Å². The van der Waals surface area contributed by atoms with Gasteiger partial charge in [0.15, 0.2) is 12.6 Å². The standard InChI is InChI=1S/C38H60O18/c1-16-11-37-9-5-20-35(2,7-4-8-36(20,3)34(50)55-32-29(49)26(46)23(43)18(13-40)52-32)21(37)6-10-38(16,15-37)56-33-30(27(47)24(44)19(14-41)53-33)54-31-28(48)25(45)22(42)17(12-39)51-31/h17-33,39-49H,1,4-15H2,2-3H3/t17?,18?,19?,20?,21?,22-,23-,24-,25?,26?,27?,28-,29-,30-,31?,32?,33?,35?,36?,37?,38?/m1/s1. The zero-order valence-electron chi connectivity index (χ0n) is 31.8. The van der Waals surface area contributed by atoms with E-state index in [1.807, 2.05) is 6.92 Å². The molecule has 320 valence electrons. The van der Waals surface area contributed by atoms with Crippen molar-refractivity contribution in [2.24, 2.45) is 28.1 Å². The smallest absolute Gasteiger partial charge is 0.314 e. The maximum atomic E-state index is 14.1. The fourth-order valence-electron chi connectivity index (χ4n) is 12.0. The first-order valence-electron chi connectivity index (χ1n) is 19.9. The zero-order chi connectivity index (χ0) is 40.7. The van der Waals surface area contributed by atoms with Gasteiger partial charge in [0.25, 0.3) is 0 Å². The molecule has 0 amide bonds. The maximum Gasteiger partial charge on any atom is 0.314 e. The van der Waals surface area contributed by atoms with Gasteiger partial charge < -0.3 is 84.6 Å². The van der Waals surface area contributed by atoms with Gasteiger partial charge >= 0.3 is 5.97 Å². The zero-order valence-corrected chi connectivity index (χ0v) is 31.8. The van der Waals surface area contributed by atoms with E-state index in [0.717, 1.165) is 18.4 Å². The summed E-state index contributed by atoms with van der Waals surface area (Å²) in [6.45, 7) is 6.52. The van der Waals surface area contributed by atoms with Crippen LogP contribution in [0.15, 0.2) is 12.2 Å². The molecule has 3 aliphatic heterocycles. The average molecular weight is 805 g/mol. The average Bonchev–Trinajstić information content (AvgIpc) is 3.37. The molecule has 3 heterocycles. The molecule has 18 nitrogen and oxygen atoms in total. The van der Waals surface area contributed by atoms with E-state index in [4.69, 9.17) is 28.4 Å². The number of fused-ring (bicyclic) bond motifs is 3. The third-order valence-corrected chi connectivity index (χ3v) is 15.0. The van der Waals surface area contributed by atoms with Crippen molar-refractivity contribution in [1.29, 1.82) is 0 Å². The Morgan fingerprint density at radius 1 is 0.679 bits per heavy atom. The Bertz CT molecular complexity index is 1450. The predicted molar refractivity (Wildman–Crippen MR) is 186 cm³/mol. The van der Waals surface area contributed by atoms with Gasteiger partial charge in [0.2, 0.25) is 6.29 Å². The topological polar surface area (TPSA) is 295 Å². The van der Waals surface area contributed by atoms with Crippen molar-refractivity contribution in [3.63, 3.8) is 0 Å². The molecule has 56 heavy (non-hydrogen) atoms. The number of aliphatic hydroxyl groups is 11. The third-order valence-electron chi connectivity index (χ3n) is 15.0. The third kappa shape index (κ3) is 6.69. The summed E-state index contributed by atoms with van der Waals surface area (Å²) < 4.78 is 35.6. The molecule has 21 atom stereocenters. The number of ether oxygens (including phenoxy) is 6. The first kappa shape index (κ1) is 42.7. The van der Waals surface area contributed by atoms with E-state index >= 15 is 0 Å². The number of carbonyl (C=O) groups is 1. The summed E-state index contributed by atoms with van der Waals surface area (Å²) in [6, 6.07) is 0. The van der Waals surface area contributed by atoms with Crippen LogP contribution < -0.4 is 0 Å². The van der Waals surface area contributed by atoms with Gasteiger partial charge in [0, 0.05) is 0 Å². The van der Waals surface area contributed by atoms with Crippen molar-refractivity contribution >= 4 is 5.97 Å². The number of esters is 1. The van der Waals surface area contributed by atoms with E-state index in [1.165, 1.54) is 0 Å². The second-order valence-electron chi connectivity index (χ2n) is 18.0. The number of rotatable bonds is 9. The summed E-state index contributed by atoms with van der Waals surface area (Å²) in [6.07, 6.45) is -17.8. The molecular formula is C38H60O18. The van der Waals surface area contributed by atoms with Gasteiger partial charge in [-0.1, -0.05) is 19.9 Å². The lowest BCUT2D eigenvalue weighted by molar-refractivity contribution is -0.378. The lowest BCUT2D eigenvalue weighted by atomic mass is 9.41. The van der Waals surface area contributed by atoms with Gasteiger partial charge in [0.1, 0.15) is 73.2 Å². The van der Waals surface area contributed by atoms with E-state index in [0.29, 0.717) is 44.9 Å². The Labute approximate surface area is 324 Å². The minimum absolute atomic E-state index is 0.121. The summed E-state index contributed by atoms with van der Waals surface area (Å²) in [5, 5.41) is 114. The highest BCUT2D eigenvalue weighted by Crippen LogP contribution is 2.73. The van der Waals surface area contributed by atoms with Crippen molar-refractivity contribution in [3.8, 4) is 0 Å². The Morgan fingerprint density at radius 2 is 1.21 bits per heavy atom. The summed E-state index contributed by atoms with van der Waals surface area (Å²) in [5.74, 6) is -0.591. The second kappa shape index (κ2) is 15.6. The molecule has 7 rings (SSSR count). The Morgan fingerprint density at radius 3 is 1.82 bits per heavy atom. The minimum Gasteiger partial charge on any atom is -0.432 e. The first-order valence-corrected chi connectivity index (χ1v) is 19.9. The fraction of sp³-hybridized carbons (Fsp3) is 0.921. The van der Waals surface area contributed by atoms with Crippen LogP contribution in [0.25, 0.3) is 0 Å². The summed E-state index contributed by atoms with van der Waals surface area (Å²) in [7, 11) is 0.